The van der Waals surface area contributed by atoms with Crippen LogP contribution in [-0.4, -0.2) is 46.5 Å². The molecular weight excluding hydrogens is 402 g/mol. The van der Waals surface area contributed by atoms with Crippen molar-refractivity contribution in [3.8, 4) is 5.75 Å². The van der Waals surface area contributed by atoms with Crippen LogP contribution in [0, 0.1) is 6.92 Å². The number of methoxy groups -OCH3 is 1. The van der Waals surface area contributed by atoms with E-state index in [1.54, 1.807) is 7.11 Å². The van der Waals surface area contributed by atoms with E-state index in [4.69, 9.17) is 14.5 Å². The smallest absolute Gasteiger partial charge is 0.153 e. The van der Waals surface area contributed by atoms with Crippen LogP contribution in [0.5, 0.6) is 5.75 Å². The maximum Gasteiger partial charge on any atom is 0.153 e. The van der Waals surface area contributed by atoms with Gasteiger partial charge in [-0.1, -0.05) is 12.1 Å². The second-order valence-corrected chi connectivity index (χ2v) is 8.75. The zero-order valence-electron chi connectivity index (χ0n) is 19.1. The van der Waals surface area contributed by atoms with Crippen molar-refractivity contribution in [3.63, 3.8) is 0 Å². The van der Waals surface area contributed by atoms with Crippen LogP contribution in [0.25, 0.3) is 0 Å². The highest BCUT2D eigenvalue weighted by atomic mass is 16.5. The van der Waals surface area contributed by atoms with E-state index >= 15 is 0 Å². The molecule has 7 nitrogen and oxygen atoms in total. The van der Waals surface area contributed by atoms with Crippen LogP contribution in [0.1, 0.15) is 40.6 Å². The number of aryl methyl sites for hydroxylation is 4. The summed E-state index contributed by atoms with van der Waals surface area (Å²) in [7, 11) is 3.71. The van der Waals surface area contributed by atoms with Gasteiger partial charge in [0.2, 0.25) is 0 Å². The van der Waals surface area contributed by atoms with E-state index in [2.05, 4.69) is 27.4 Å². The lowest BCUT2D eigenvalue weighted by Gasteiger charge is -2.33. The standard InChI is InChI=1S/C25H31N5O2/c1-17-12-25(28-29(17)2)27-24-9-5-8-21(26-24)23-16-30(10-11-32-23)15-20-13-18-6-4-7-19(18)14-22(20)31-3/h5,8-9,12-14,23H,4,6-7,10-11,15-16H2,1-3H3,(H,26,27,28)/t23-/m0/s1. The van der Waals surface area contributed by atoms with Gasteiger partial charge < -0.3 is 14.8 Å². The molecule has 3 heterocycles. The van der Waals surface area contributed by atoms with E-state index in [1.165, 1.54) is 36.0 Å². The number of benzene rings is 1. The molecule has 0 unspecified atom stereocenters. The number of ether oxygens (including phenoxy) is 2. The number of fused-ring (bicyclic) bond motifs is 1. The summed E-state index contributed by atoms with van der Waals surface area (Å²) in [6.07, 6.45) is 3.53. The molecule has 1 aliphatic carbocycles. The molecule has 1 N–H and O–H groups in total. The van der Waals surface area contributed by atoms with E-state index < -0.39 is 0 Å². The van der Waals surface area contributed by atoms with E-state index in [0.717, 1.165) is 48.4 Å². The lowest BCUT2D eigenvalue weighted by Crippen LogP contribution is -2.38. The van der Waals surface area contributed by atoms with Gasteiger partial charge in [0, 0.05) is 44.0 Å². The Balaban J connectivity index is 1.29. The van der Waals surface area contributed by atoms with Gasteiger partial charge in [0.05, 0.1) is 19.4 Å². The summed E-state index contributed by atoms with van der Waals surface area (Å²) in [5.74, 6) is 2.58. The minimum atomic E-state index is -0.0589. The third kappa shape index (κ3) is 4.36. The van der Waals surface area contributed by atoms with Gasteiger partial charge in [-0.3, -0.25) is 9.58 Å². The number of nitrogens with zero attached hydrogens (tertiary/aromatic N) is 4. The number of aromatic nitrogens is 3. The third-order valence-electron chi connectivity index (χ3n) is 6.51. The summed E-state index contributed by atoms with van der Waals surface area (Å²) >= 11 is 0. The largest absolute Gasteiger partial charge is 0.496 e. The number of pyridine rings is 1. The summed E-state index contributed by atoms with van der Waals surface area (Å²) in [6.45, 7) is 5.29. The molecule has 1 aromatic carbocycles. The highest BCUT2D eigenvalue weighted by Crippen LogP contribution is 2.32. The molecule has 2 aromatic heterocycles. The Kier molecular flexibility index (Phi) is 5.85. The van der Waals surface area contributed by atoms with E-state index in [9.17, 15) is 0 Å². The van der Waals surface area contributed by atoms with Crippen LogP contribution in [0.4, 0.5) is 11.6 Å². The summed E-state index contributed by atoms with van der Waals surface area (Å²) < 4.78 is 13.7. The van der Waals surface area contributed by atoms with Gasteiger partial charge in [-0.05, 0) is 55.5 Å². The second-order valence-electron chi connectivity index (χ2n) is 8.75. The Morgan fingerprint density at radius 2 is 2.00 bits per heavy atom. The summed E-state index contributed by atoms with van der Waals surface area (Å²) in [5, 5.41) is 7.77. The fraction of sp³-hybridized carbons (Fsp3) is 0.440. The molecule has 3 aromatic rings. The summed E-state index contributed by atoms with van der Waals surface area (Å²) in [6, 6.07) is 12.6. The Bertz CT molecular complexity index is 1090. The molecule has 0 saturated carbocycles. The molecule has 0 bridgehead atoms. The minimum Gasteiger partial charge on any atom is -0.496 e. The normalized spacial score (nSPS) is 18.5. The highest BCUT2D eigenvalue weighted by molar-refractivity contribution is 5.52. The maximum atomic E-state index is 6.11. The van der Waals surface area contributed by atoms with Crippen LogP contribution in [-0.2, 0) is 31.2 Å². The van der Waals surface area contributed by atoms with E-state index in [-0.39, 0.29) is 6.10 Å². The van der Waals surface area contributed by atoms with Crippen molar-refractivity contribution in [2.75, 3.05) is 32.1 Å². The molecule has 0 amide bonds. The topological polar surface area (TPSA) is 64.4 Å². The van der Waals surface area contributed by atoms with Crippen LogP contribution < -0.4 is 10.1 Å². The molecule has 168 valence electrons. The molecule has 1 aliphatic heterocycles. The number of anilines is 2. The fourth-order valence-corrected chi connectivity index (χ4v) is 4.69. The van der Waals surface area contributed by atoms with E-state index in [0.29, 0.717) is 6.61 Å². The first-order valence-electron chi connectivity index (χ1n) is 11.4. The maximum absolute atomic E-state index is 6.11. The van der Waals surface area contributed by atoms with Gasteiger partial charge in [-0.2, -0.15) is 5.10 Å². The SMILES string of the molecule is COc1cc2c(cc1CN1CCO[C@H](c3cccc(Nc4cc(C)n(C)n4)n3)C1)CCC2. The molecule has 0 radical (unpaired) electrons. The van der Waals surface area contributed by atoms with Gasteiger partial charge in [0.15, 0.2) is 5.82 Å². The monoisotopic (exact) mass is 433 g/mol. The van der Waals surface area contributed by atoms with Crippen molar-refractivity contribution in [2.45, 2.75) is 38.8 Å². The average molecular weight is 434 g/mol. The molecule has 1 fully saturated rings. The zero-order chi connectivity index (χ0) is 22.1. The number of rotatable bonds is 6. The number of hydrogen-bond donors (Lipinski definition) is 1. The van der Waals surface area contributed by atoms with Crippen LogP contribution >= 0.6 is 0 Å². The average Bonchev–Trinajstić information content (AvgIpc) is 3.38. The summed E-state index contributed by atoms with van der Waals surface area (Å²) in [5.41, 5.74) is 6.23. The molecule has 1 atom stereocenters. The van der Waals surface area contributed by atoms with E-state index in [1.807, 2.05) is 42.9 Å². The van der Waals surface area contributed by atoms with Gasteiger partial charge in [-0.15, -0.1) is 0 Å². The van der Waals surface area contributed by atoms with Crippen LogP contribution in [0.2, 0.25) is 0 Å². The Morgan fingerprint density at radius 1 is 1.16 bits per heavy atom. The Labute approximate surface area is 189 Å². The molecule has 7 heteroatoms. The van der Waals surface area contributed by atoms with Gasteiger partial charge in [0.1, 0.15) is 17.7 Å². The number of nitrogens with one attached hydrogen (secondary N) is 1. The predicted octanol–water partition coefficient (Wildman–Crippen LogP) is 3.94. The van der Waals surface area contributed by atoms with Crippen LogP contribution in [0.15, 0.2) is 36.4 Å². The van der Waals surface area contributed by atoms with Gasteiger partial charge in [0.25, 0.3) is 0 Å². The number of morpholine rings is 1. The van der Waals surface area contributed by atoms with Gasteiger partial charge in [-0.25, -0.2) is 4.98 Å². The van der Waals surface area contributed by atoms with Crippen molar-refractivity contribution >= 4 is 11.6 Å². The van der Waals surface area contributed by atoms with Crippen molar-refractivity contribution in [1.29, 1.82) is 0 Å². The second kappa shape index (κ2) is 8.92. The molecule has 2 aliphatic rings. The fourth-order valence-electron chi connectivity index (χ4n) is 4.69. The Morgan fingerprint density at radius 3 is 2.78 bits per heavy atom. The lowest BCUT2D eigenvalue weighted by molar-refractivity contribution is -0.0351. The molecule has 32 heavy (non-hydrogen) atoms. The quantitative estimate of drug-likeness (QED) is 0.635. The Hall–Kier alpha value is -2.90. The molecular formula is C25H31N5O2. The summed E-state index contributed by atoms with van der Waals surface area (Å²) in [4.78, 5) is 7.26. The predicted molar refractivity (Wildman–Crippen MR) is 124 cm³/mol. The van der Waals surface area contributed by atoms with Crippen molar-refractivity contribution in [1.82, 2.24) is 19.7 Å². The van der Waals surface area contributed by atoms with Crippen molar-refractivity contribution in [2.24, 2.45) is 7.05 Å². The first kappa shape index (κ1) is 21.0. The third-order valence-corrected chi connectivity index (χ3v) is 6.51. The lowest BCUT2D eigenvalue weighted by atomic mass is 10.0. The van der Waals surface area contributed by atoms with Crippen molar-refractivity contribution in [3.05, 3.63) is 64.5 Å². The minimum absolute atomic E-state index is 0.0589. The molecule has 0 spiro atoms. The first-order chi connectivity index (χ1) is 15.6. The van der Waals surface area contributed by atoms with Gasteiger partial charge >= 0.3 is 0 Å². The highest BCUT2D eigenvalue weighted by Gasteiger charge is 2.25. The van der Waals surface area contributed by atoms with Crippen molar-refractivity contribution < 1.29 is 9.47 Å². The molecule has 1 saturated heterocycles. The van der Waals surface area contributed by atoms with Crippen LogP contribution in [0.3, 0.4) is 0 Å². The molecule has 5 rings (SSSR count). The number of hydrogen-bond acceptors (Lipinski definition) is 6. The first-order valence-corrected chi connectivity index (χ1v) is 11.4. The zero-order valence-corrected chi connectivity index (χ0v) is 19.1.